The number of rotatable bonds is 2. The van der Waals surface area contributed by atoms with Gasteiger partial charge in [-0.05, 0) is 36.6 Å². The first-order valence-corrected chi connectivity index (χ1v) is 7.11. The molecule has 1 aromatic carbocycles. The van der Waals surface area contributed by atoms with Gasteiger partial charge in [-0.1, -0.05) is 22.0 Å². The summed E-state index contributed by atoms with van der Waals surface area (Å²) >= 11 is 4.86. The lowest BCUT2D eigenvalue weighted by atomic mass is 10.1. The van der Waals surface area contributed by atoms with Gasteiger partial charge in [0.1, 0.15) is 5.58 Å². The van der Waals surface area contributed by atoms with Crippen LogP contribution in [0.1, 0.15) is 21.0 Å². The standard InChI is InChI=1S/C14H9BrO2S/c1-8-10-7-9(15)4-5-11(10)17-14(8)13(16)12-3-2-6-18-12/h2-7H,1H3. The number of furan rings is 1. The Kier molecular flexibility index (Phi) is 2.84. The van der Waals surface area contributed by atoms with Gasteiger partial charge in [0, 0.05) is 15.4 Å². The molecule has 4 heteroatoms. The first-order chi connectivity index (χ1) is 8.66. The molecule has 0 radical (unpaired) electrons. The zero-order valence-corrected chi connectivity index (χ0v) is 12.0. The molecular formula is C14H9BrO2S. The van der Waals surface area contributed by atoms with Crippen molar-refractivity contribution < 1.29 is 9.21 Å². The lowest BCUT2D eigenvalue weighted by Gasteiger charge is -1.94. The summed E-state index contributed by atoms with van der Waals surface area (Å²) in [6.45, 7) is 1.92. The van der Waals surface area contributed by atoms with Gasteiger partial charge >= 0.3 is 0 Å². The van der Waals surface area contributed by atoms with E-state index in [9.17, 15) is 4.79 Å². The van der Waals surface area contributed by atoms with Crippen molar-refractivity contribution in [1.82, 2.24) is 0 Å². The van der Waals surface area contributed by atoms with Crippen LogP contribution >= 0.6 is 27.3 Å². The number of hydrogen-bond acceptors (Lipinski definition) is 3. The van der Waals surface area contributed by atoms with E-state index in [0.717, 1.165) is 21.0 Å². The summed E-state index contributed by atoms with van der Waals surface area (Å²) in [5, 5.41) is 2.87. The van der Waals surface area contributed by atoms with Gasteiger partial charge in [0.25, 0.3) is 0 Å². The Bertz CT molecular complexity index is 726. The molecule has 0 aliphatic heterocycles. The lowest BCUT2D eigenvalue weighted by Crippen LogP contribution is -1.98. The Labute approximate surface area is 116 Å². The lowest BCUT2D eigenvalue weighted by molar-refractivity contribution is 0.101. The number of thiophene rings is 1. The minimum absolute atomic E-state index is 0.0465. The van der Waals surface area contributed by atoms with E-state index in [-0.39, 0.29) is 5.78 Å². The van der Waals surface area contributed by atoms with E-state index in [0.29, 0.717) is 10.6 Å². The van der Waals surface area contributed by atoms with Crippen LogP contribution in [0.3, 0.4) is 0 Å². The Balaban J connectivity index is 2.19. The van der Waals surface area contributed by atoms with Gasteiger partial charge in [0.05, 0.1) is 4.88 Å². The maximum absolute atomic E-state index is 12.3. The molecule has 0 N–H and O–H groups in total. The largest absolute Gasteiger partial charge is 0.452 e. The molecule has 0 atom stereocenters. The SMILES string of the molecule is Cc1c(C(=O)c2cccs2)oc2ccc(Br)cc12. The van der Waals surface area contributed by atoms with Crippen LogP contribution in [0.4, 0.5) is 0 Å². The summed E-state index contributed by atoms with van der Waals surface area (Å²) in [6, 6.07) is 9.43. The van der Waals surface area contributed by atoms with Crippen molar-refractivity contribution in [1.29, 1.82) is 0 Å². The predicted molar refractivity (Wildman–Crippen MR) is 76.4 cm³/mol. The summed E-state index contributed by atoms with van der Waals surface area (Å²) in [5.41, 5.74) is 1.64. The second kappa shape index (κ2) is 4.37. The van der Waals surface area contributed by atoms with Crippen LogP contribution in [-0.4, -0.2) is 5.78 Å². The highest BCUT2D eigenvalue weighted by atomic mass is 79.9. The molecule has 2 aromatic heterocycles. The number of carbonyl (C=O) groups excluding carboxylic acids is 1. The fourth-order valence-corrected chi connectivity index (χ4v) is 2.95. The average molecular weight is 321 g/mol. The molecule has 0 fully saturated rings. The molecule has 3 rings (SSSR count). The normalized spacial score (nSPS) is 11.0. The van der Waals surface area contributed by atoms with E-state index < -0.39 is 0 Å². The van der Waals surface area contributed by atoms with Gasteiger partial charge in [-0.3, -0.25) is 4.79 Å². The van der Waals surface area contributed by atoms with Gasteiger partial charge in [-0.25, -0.2) is 0 Å². The molecule has 0 aliphatic carbocycles. The summed E-state index contributed by atoms with van der Waals surface area (Å²) in [5.74, 6) is 0.389. The Morgan fingerprint density at radius 1 is 1.33 bits per heavy atom. The predicted octanol–water partition coefficient (Wildman–Crippen LogP) is 4.80. The third-order valence-electron chi connectivity index (χ3n) is 2.85. The van der Waals surface area contributed by atoms with E-state index >= 15 is 0 Å². The Morgan fingerprint density at radius 3 is 2.89 bits per heavy atom. The molecule has 0 saturated carbocycles. The highest BCUT2D eigenvalue weighted by molar-refractivity contribution is 9.10. The highest BCUT2D eigenvalue weighted by Crippen LogP contribution is 2.30. The molecule has 0 spiro atoms. The van der Waals surface area contributed by atoms with E-state index in [1.807, 2.05) is 42.6 Å². The summed E-state index contributed by atoms with van der Waals surface area (Å²) in [6.07, 6.45) is 0. The fraction of sp³-hybridized carbons (Fsp3) is 0.0714. The first-order valence-electron chi connectivity index (χ1n) is 5.43. The minimum atomic E-state index is -0.0465. The monoisotopic (exact) mass is 320 g/mol. The molecule has 2 heterocycles. The third-order valence-corrected chi connectivity index (χ3v) is 4.21. The average Bonchev–Trinajstić information content (AvgIpc) is 2.98. The maximum Gasteiger partial charge on any atom is 0.238 e. The molecule has 0 aliphatic rings. The highest BCUT2D eigenvalue weighted by Gasteiger charge is 2.19. The van der Waals surface area contributed by atoms with Crippen molar-refractivity contribution in [3.63, 3.8) is 0 Å². The number of benzene rings is 1. The molecule has 0 unspecified atom stereocenters. The van der Waals surface area contributed by atoms with Gasteiger partial charge < -0.3 is 4.42 Å². The van der Waals surface area contributed by atoms with Gasteiger partial charge in [0.15, 0.2) is 5.76 Å². The van der Waals surface area contributed by atoms with Gasteiger partial charge in [0.2, 0.25) is 5.78 Å². The van der Waals surface area contributed by atoms with Crippen LogP contribution in [0.5, 0.6) is 0 Å². The topological polar surface area (TPSA) is 30.2 Å². The number of halogens is 1. The number of hydrogen-bond donors (Lipinski definition) is 0. The van der Waals surface area contributed by atoms with E-state index in [1.54, 1.807) is 0 Å². The number of fused-ring (bicyclic) bond motifs is 1. The summed E-state index contributed by atoms with van der Waals surface area (Å²) in [4.78, 5) is 13.0. The van der Waals surface area contributed by atoms with E-state index in [4.69, 9.17) is 4.42 Å². The second-order valence-electron chi connectivity index (χ2n) is 4.00. The fourth-order valence-electron chi connectivity index (χ4n) is 1.93. The molecule has 2 nitrogen and oxygen atoms in total. The molecule has 0 amide bonds. The van der Waals surface area contributed by atoms with Crippen molar-refractivity contribution >= 4 is 44.0 Å². The van der Waals surface area contributed by atoms with E-state index in [1.165, 1.54) is 11.3 Å². The number of ketones is 1. The van der Waals surface area contributed by atoms with Crippen LogP contribution in [0, 0.1) is 6.92 Å². The van der Waals surface area contributed by atoms with Crippen LogP contribution < -0.4 is 0 Å². The second-order valence-corrected chi connectivity index (χ2v) is 5.87. The molecule has 0 saturated heterocycles. The van der Waals surface area contributed by atoms with Crippen molar-refractivity contribution in [3.05, 3.63) is 56.4 Å². The van der Waals surface area contributed by atoms with Crippen LogP contribution in [0.2, 0.25) is 0 Å². The molecular weight excluding hydrogens is 312 g/mol. The van der Waals surface area contributed by atoms with Crippen molar-refractivity contribution in [2.75, 3.05) is 0 Å². The Morgan fingerprint density at radius 2 is 2.17 bits per heavy atom. The maximum atomic E-state index is 12.3. The molecule has 18 heavy (non-hydrogen) atoms. The smallest absolute Gasteiger partial charge is 0.238 e. The molecule has 0 bridgehead atoms. The van der Waals surface area contributed by atoms with Crippen LogP contribution in [0.15, 0.2) is 44.6 Å². The van der Waals surface area contributed by atoms with Crippen molar-refractivity contribution in [3.8, 4) is 0 Å². The molecule has 3 aromatic rings. The Hall–Kier alpha value is -1.39. The van der Waals surface area contributed by atoms with Crippen LogP contribution in [0.25, 0.3) is 11.0 Å². The summed E-state index contributed by atoms with van der Waals surface area (Å²) < 4.78 is 6.66. The quantitative estimate of drug-likeness (QED) is 0.635. The van der Waals surface area contributed by atoms with Crippen molar-refractivity contribution in [2.45, 2.75) is 6.92 Å². The van der Waals surface area contributed by atoms with E-state index in [2.05, 4.69) is 15.9 Å². The van der Waals surface area contributed by atoms with Crippen molar-refractivity contribution in [2.24, 2.45) is 0 Å². The zero-order chi connectivity index (χ0) is 12.7. The number of carbonyl (C=O) groups is 1. The first kappa shape index (κ1) is 11.7. The zero-order valence-electron chi connectivity index (χ0n) is 9.57. The van der Waals surface area contributed by atoms with Crippen LogP contribution in [-0.2, 0) is 0 Å². The van der Waals surface area contributed by atoms with Gasteiger partial charge in [-0.2, -0.15) is 0 Å². The number of aryl methyl sites for hydroxylation is 1. The summed E-state index contributed by atoms with van der Waals surface area (Å²) in [7, 11) is 0. The molecule has 90 valence electrons. The minimum Gasteiger partial charge on any atom is -0.452 e. The third kappa shape index (κ3) is 1.82. The van der Waals surface area contributed by atoms with Gasteiger partial charge in [-0.15, -0.1) is 11.3 Å².